The first-order valence-electron chi connectivity index (χ1n) is 6.01. The first-order valence-corrected chi connectivity index (χ1v) is 6.01. The zero-order chi connectivity index (χ0) is 13.2. The van der Waals surface area contributed by atoms with Crippen molar-refractivity contribution in [2.24, 2.45) is 0 Å². The van der Waals surface area contributed by atoms with Crippen molar-refractivity contribution >= 4 is 0 Å². The van der Waals surface area contributed by atoms with Crippen LogP contribution in [0.1, 0.15) is 11.8 Å². The molecule has 3 rings (SSSR count). The lowest BCUT2D eigenvalue weighted by Crippen LogP contribution is -2.22. The van der Waals surface area contributed by atoms with Crippen molar-refractivity contribution in [2.45, 2.75) is 6.10 Å². The maximum absolute atomic E-state index is 13.3. The van der Waals surface area contributed by atoms with E-state index in [1.54, 1.807) is 6.07 Å². The fourth-order valence-corrected chi connectivity index (χ4v) is 2.04. The third-order valence-electron chi connectivity index (χ3n) is 2.88. The number of benzene rings is 1. The van der Waals surface area contributed by atoms with Crippen molar-refractivity contribution in [2.75, 3.05) is 13.6 Å². The topological polar surface area (TPSA) is 43.4 Å². The zero-order valence-corrected chi connectivity index (χ0v) is 10.4. The van der Waals surface area contributed by atoms with Crippen LogP contribution in [0.25, 0.3) is 0 Å². The molecule has 0 aliphatic carbocycles. The summed E-state index contributed by atoms with van der Waals surface area (Å²) < 4.78 is 24.9. The smallest absolute Gasteiger partial charge is 0.169 e. The molecule has 1 aliphatic heterocycles. The summed E-state index contributed by atoms with van der Waals surface area (Å²) >= 11 is 0. The molecule has 19 heavy (non-hydrogen) atoms. The van der Waals surface area contributed by atoms with Crippen molar-refractivity contribution in [1.82, 2.24) is 10.3 Å². The molecule has 0 spiro atoms. The lowest BCUT2D eigenvalue weighted by Gasteiger charge is -2.16. The quantitative estimate of drug-likeness (QED) is 0.901. The Morgan fingerprint density at radius 3 is 2.84 bits per heavy atom. The van der Waals surface area contributed by atoms with Crippen LogP contribution in [-0.4, -0.2) is 18.6 Å². The molecule has 1 unspecified atom stereocenters. The first-order chi connectivity index (χ1) is 9.28. The van der Waals surface area contributed by atoms with Gasteiger partial charge in [0, 0.05) is 12.6 Å². The minimum atomic E-state index is -0.429. The number of hydrogen-bond acceptors (Lipinski definition) is 4. The van der Waals surface area contributed by atoms with Crippen LogP contribution < -0.4 is 14.8 Å². The van der Waals surface area contributed by atoms with Gasteiger partial charge in [0.2, 0.25) is 0 Å². The minimum absolute atomic E-state index is 0.316. The highest BCUT2D eigenvalue weighted by Gasteiger charge is 2.25. The van der Waals surface area contributed by atoms with E-state index in [0.29, 0.717) is 29.5 Å². The third kappa shape index (κ3) is 2.24. The average Bonchev–Trinajstić information content (AvgIpc) is 2.55. The number of pyridine rings is 1. The molecule has 1 N–H and O–H groups in total. The number of likely N-dealkylation sites (N-methyl/N-ethyl adjacent to an activating group) is 1. The van der Waals surface area contributed by atoms with Gasteiger partial charge in [-0.05, 0) is 19.2 Å². The Morgan fingerprint density at radius 2 is 2.05 bits per heavy atom. The summed E-state index contributed by atoms with van der Waals surface area (Å²) in [5, 5.41) is 3.04. The monoisotopic (exact) mass is 260 g/mol. The standard InChI is InChI=1S/C14H13FN2O2/c1-16-8-13-14-12(6-9(15)7-17-14)18-10-4-2-3-5-11(10)19-13/h2-7,13,16H,8H2,1H3. The van der Waals surface area contributed by atoms with Crippen molar-refractivity contribution < 1.29 is 13.9 Å². The number of aromatic nitrogens is 1. The number of halogens is 1. The van der Waals surface area contributed by atoms with E-state index in [4.69, 9.17) is 9.47 Å². The van der Waals surface area contributed by atoms with Crippen molar-refractivity contribution in [1.29, 1.82) is 0 Å². The molecule has 1 aromatic carbocycles. The van der Waals surface area contributed by atoms with Crippen molar-refractivity contribution in [3.63, 3.8) is 0 Å². The van der Waals surface area contributed by atoms with Crippen LogP contribution in [0.2, 0.25) is 0 Å². The fraction of sp³-hybridized carbons (Fsp3) is 0.214. The number of ether oxygens (including phenoxy) is 2. The minimum Gasteiger partial charge on any atom is -0.479 e. The van der Waals surface area contributed by atoms with Crippen LogP contribution in [0.15, 0.2) is 36.5 Å². The van der Waals surface area contributed by atoms with E-state index >= 15 is 0 Å². The van der Waals surface area contributed by atoms with Gasteiger partial charge in [-0.2, -0.15) is 0 Å². The highest BCUT2D eigenvalue weighted by atomic mass is 19.1. The van der Waals surface area contributed by atoms with Gasteiger partial charge in [0.15, 0.2) is 23.4 Å². The molecule has 1 aromatic heterocycles. The molecule has 1 atom stereocenters. The zero-order valence-electron chi connectivity index (χ0n) is 10.4. The Morgan fingerprint density at radius 1 is 1.26 bits per heavy atom. The molecule has 5 heteroatoms. The van der Waals surface area contributed by atoms with Gasteiger partial charge in [0.05, 0.1) is 6.20 Å². The molecule has 98 valence electrons. The number of hydrogen-bond donors (Lipinski definition) is 1. The summed E-state index contributed by atoms with van der Waals surface area (Å²) in [4.78, 5) is 4.10. The van der Waals surface area contributed by atoms with E-state index in [1.807, 2.05) is 25.2 Å². The number of nitrogens with zero attached hydrogens (tertiary/aromatic N) is 1. The largest absolute Gasteiger partial charge is 0.479 e. The van der Waals surface area contributed by atoms with Crippen LogP contribution in [0, 0.1) is 5.82 Å². The molecule has 0 fully saturated rings. The highest BCUT2D eigenvalue weighted by Crippen LogP contribution is 2.40. The van der Waals surface area contributed by atoms with Gasteiger partial charge in [-0.1, -0.05) is 12.1 Å². The van der Waals surface area contributed by atoms with E-state index in [0.717, 1.165) is 0 Å². The molecule has 0 radical (unpaired) electrons. The van der Waals surface area contributed by atoms with Gasteiger partial charge in [-0.15, -0.1) is 0 Å². The summed E-state index contributed by atoms with van der Waals surface area (Å²) in [6, 6.07) is 8.64. The van der Waals surface area contributed by atoms with Crippen LogP contribution in [0.5, 0.6) is 17.2 Å². The molecular formula is C14H13FN2O2. The molecule has 4 nitrogen and oxygen atoms in total. The second kappa shape index (κ2) is 4.85. The van der Waals surface area contributed by atoms with Crippen molar-refractivity contribution in [3.05, 3.63) is 48.0 Å². The Labute approximate surface area is 110 Å². The van der Waals surface area contributed by atoms with Gasteiger partial charge >= 0.3 is 0 Å². The van der Waals surface area contributed by atoms with Gasteiger partial charge in [-0.25, -0.2) is 4.39 Å². The molecular weight excluding hydrogens is 247 g/mol. The number of rotatable bonds is 2. The molecule has 0 saturated carbocycles. The molecule has 0 amide bonds. The van der Waals surface area contributed by atoms with Crippen molar-refractivity contribution in [3.8, 4) is 17.2 Å². The predicted octanol–water partition coefficient (Wildman–Crippen LogP) is 2.67. The van der Waals surface area contributed by atoms with Gasteiger partial charge in [0.25, 0.3) is 0 Å². The maximum Gasteiger partial charge on any atom is 0.169 e. The summed E-state index contributed by atoms with van der Waals surface area (Å²) in [5.74, 6) is 1.16. The SMILES string of the molecule is CNCC1Oc2ccccc2Oc2cc(F)cnc21. The van der Waals surface area contributed by atoms with E-state index in [1.165, 1.54) is 12.3 Å². The van der Waals surface area contributed by atoms with E-state index < -0.39 is 5.82 Å². The lowest BCUT2D eigenvalue weighted by molar-refractivity contribution is 0.202. The number of nitrogens with one attached hydrogen (secondary N) is 1. The van der Waals surface area contributed by atoms with Gasteiger partial charge in [0.1, 0.15) is 11.5 Å². The second-order valence-electron chi connectivity index (χ2n) is 4.25. The molecule has 2 heterocycles. The summed E-state index contributed by atoms with van der Waals surface area (Å²) in [6.07, 6.45) is 0.855. The van der Waals surface area contributed by atoms with Gasteiger partial charge < -0.3 is 14.8 Å². The average molecular weight is 260 g/mol. The molecule has 0 bridgehead atoms. The van der Waals surface area contributed by atoms with Crippen LogP contribution in [-0.2, 0) is 0 Å². The van der Waals surface area contributed by atoms with E-state index in [-0.39, 0.29) is 6.10 Å². The molecule has 2 aromatic rings. The molecule has 1 aliphatic rings. The van der Waals surface area contributed by atoms with Crippen LogP contribution >= 0.6 is 0 Å². The third-order valence-corrected chi connectivity index (χ3v) is 2.88. The Kier molecular flexibility index (Phi) is 3.05. The Bertz CT molecular complexity index is 604. The van der Waals surface area contributed by atoms with Gasteiger partial charge in [-0.3, -0.25) is 4.98 Å². The predicted molar refractivity (Wildman–Crippen MR) is 68.0 cm³/mol. The van der Waals surface area contributed by atoms with Crippen LogP contribution in [0.4, 0.5) is 4.39 Å². The summed E-state index contributed by atoms with van der Waals surface area (Å²) in [6.45, 7) is 0.559. The highest BCUT2D eigenvalue weighted by molar-refractivity contribution is 5.46. The van der Waals surface area contributed by atoms with Crippen LogP contribution in [0.3, 0.4) is 0 Å². The molecule has 0 saturated heterocycles. The number of para-hydroxylation sites is 2. The number of fused-ring (bicyclic) bond motifs is 2. The van der Waals surface area contributed by atoms with E-state index in [2.05, 4.69) is 10.3 Å². The lowest BCUT2D eigenvalue weighted by atomic mass is 10.2. The Balaban J connectivity index is 2.10. The normalized spacial score (nSPS) is 16.6. The second-order valence-corrected chi connectivity index (χ2v) is 4.25. The summed E-state index contributed by atoms with van der Waals surface area (Å²) in [7, 11) is 1.82. The Hall–Kier alpha value is -2.14. The summed E-state index contributed by atoms with van der Waals surface area (Å²) in [5.41, 5.74) is 0.590. The maximum atomic E-state index is 13.3. The first kappa shape index (κ1) is 11.9. The fourth-order valence-electron chi connectivity index (χ4n) is 2.04. The van der Waals surface area contributed by atoms with E-state index in [9.17, 15) is 4.39 Å².